The van der Waals surface area contributed by atoms with Crippen molar-refractivity contribution in [3.63, 3.8) is 0 Å². The average molecular weight is 286 g/mol. The molecular weight excluding hydrogens is 266 g/mol. The summed E-state index contributed by atoms with van der Waals surface area (Å²) in [6, 6.07) is 17.7. The molecule has 3 rings (SSSR count). The van der Waals surface area contributed by atoms with Crippen LogP contribution < -0.4 is 0 Å². The largest absolute Gasteiger partial charge is 0.302 e. The van der Waals surface area contributed by atoms with Crippen molar-refractivity contribution in [3.8, 4) is 0 Å². The van der Waals surface area contributed by atoms with Gasteiger partial charge in [0.15, 0.2) is 0 Å². The van der Waals surface area contributed by atoms with Crippen molar-refractivity contribution in [3.05, 3.63) is 70.2 Å². The van der Waals surface area contributed by atoms with Gasteiger partial charge in [0.2, 0.25) is 0 Å². The van der Waals surface area contributed by atoms with Crippen LogP contribution in [0.5, 0.6) is 0 Å². The molecule has 0 unspecified atom stereocenters. The van der Waals surface area contributed by atoms with Crippen molar-refractivity contribution in [2.45, 2.75) is 24.8 Å². The summed E-state index contributed by atoms with van der Waals surface area (Å²) in [6.07, 6.45) is 2.26. The molecule has 1 aliphatic carbocycles. The van der Waals surface area contributed by atoms with E-state index < -0.39 is 0 Å². The lowest BCUT2D eigenvalue weighted by atomic mass is 9.93. The van der Waals surface area contributed by atoms with E-state index in [9.17, 15) is 0 Å². The van der Waals surface area contributed by atoms with Crippen molar-refractivity contribution in [1.29, 1.82) is 0 Å². The minimum absolute atomic E-state index is 0.537. The van der Waals surface area contributed by atoms with Gasteiger partial charge in [0.25, 0.3) is 0 Å². The van der Waals surface area contributed by atoms with Crippen LogP contribution in [0.25, 0.3) is 0 Å². The monoisotopic (exact) mass is 285 g/mol. The van der Waals surface area contributed by atoms with Crippen LogP contribution in [-0.2, 0) is 6.42 Å². The second-order valence-electron chi connectivity index (χ2n) is 5.87. The first-order chi connectivity index (χ1) is 9.65. The molecule has 2 aromatic rings. The first kappa shape index (κ1) is 13.7. The zero-order valence-electron chi connectivity index (χ0n) is 12.0. The van der Waals surface area contributed by atoms with E-state index in [1.165, 1.54) is 23.1 Å². The fourth-order valence-corrected chi connectivity index (χ4v) is 3.55. The maximum absolute atomic E-state index is 6.10. The highest BCUT2D eigenvalue weighted by Crippen LogP contribution is 2.44. The standard InChI is InChI=1S/C18H20ClN/c1-20(2)18-12-14(16-8-3-4-9-17(16)18)10-13-6-5-7-15(19)11-13/h3-9,11,14,18H,10,12H2,1-2H3/t14-,18+/m1/s1. The SMILES string of the molecule is CN(C)[C@H]1C[C@@H](Cc2cccc(Cl)c2)c2ccccc21. The zero-order valence-corrected chi connectivity index (χ0v) is 12.8. The van der Waals surface area contributed by atoms with Gasteiger partial charge in [0.05, 0.1) is 0 Å². The zero-order chi connectivity index (χ0) is 14.1. The molecule has 0 fully saturated rings. The number of halogens is 1. The second-order valence-corrected chi connectivity index (χ2v) is 6.31. The molecule has 2 heteroatoms. The topological polar surface area (TPSA) is 3.24 Å². The molecule has 0 spiro atoms. The Kier molecular flexibility index (Phi) is 3.82. The third-order valence-corrected chi connectivity index (χ3v) is 4.53. The first-order valence-electron chi connectivity index (χ1n) is 7.15. The van der Waals surface area contributed by atoms with E-state index >= 15 is 0 Å². The Morgan fingerprint density at radius 1 is 1.05 bits per heavy atom. The lowest BCUT2D eigenvalue weighted by Gasteiger charge is -2.20. The van der Waals surface area contributed by atoms with E-state index in [0.29, 0.717) is 12.0 Å². The van der Waals surface area contributed by atoms with Crippen molar-refractivity contribution >= 4 is 11.6 Å². The van der Waals surface area contributed by atoms with Crippen LogP contribution in [0, 0.1) is 0 Å². The molecular formula is C18H20ClN. The molecule has 2 aromatic carbocycles. The molecule has 20 heavy (non-hydrogen) atoms. The van der Waals surface area contributed by atoms with Crippen molar-refractivity contribution in [1.82, 2.24) is 4.90 Å². The second kappa shape index (κ2) is 5.59. The normalized spacial score (nSPS) is 21.2. The summed E-state index contributed by atoms with van der Waals surface area (Å²) in [5.41, 5.74) is 4.33. The van der Waals surface area contributed by atoms with Gasteiger partial charge in [-0.15, -0.1) is 0 Å². The van der Waals surface area contributed by atoms with E-state index in [-0.39, 0.29) is 0 Å². The van der Waals surface area contributed by atoms with E-state index in [2.05, 4.69) is 55.4 Å². The molecule has 0 amide bonds. The molecule has 1 aliphatic rings. The van der Waals surface area contributed by atoms with Crippen LogP contribution in [0.4, 0.5) is 0 Å². The number of hydrogen-bond acceptors (Lipinski definition) is 1. The highest BCUT2D eigenvalue weighted by Gasteiger charge is 2.31. The van der Waals surface area contributed by atoms with Crippen molar-refractivity contribution < 1.29 is 0 Å². The summed E-state index contributed by atoms with van der Waals surface area (Å²) in [5, 5.41) is 0.831. The van der Waals surface area contributed by atoms with Gasteiger partial charge in [0, 0.05) is 11.1 Å². The van der Waals surface area contributed by atoms with E-state index in [4.69, 9.17) is 11.6 Å². The number of nitrogens with zero attached hydrogens (tertiary/aromatic N) is 1. The first-order valence-corrected chi connectivity index (χ1v) is 7.52. The van der Waals surface area contributed by atoms with Crippen molar-refractivity contribution in [2.75, 3.05) is 14.1 Å². The summed E-state index contributed by atoms with van der Waals surface area (Å²) < 4.78 is 0. The Balaban J connectivity index is 1.88. The van der Waals surface area contributed by atoms with E-state index in [1.54, 1.807) is 0 Å². The molecule has 0 bridgehead atoms. The van der Waals surface area contributed by atoms with Gasteiger partial charge >= 0.3 is 0 Å². The third-order valence-electron chi connectivity index (χ3n) is 4.30. The number of fused-ring (bicyclic) bond motifs is 1. The molecule has 0 aromatic heterocycles. The molecule has 0 saturated carbocycles. The van der Waals surface area contributed by atoms with Crippen LogP contribution in [-0.4, -0.2) is 19.0 Å². The maximum atomic E-state index is 6.10. The van der Waals surface area contributed by atoms with Crippen LogP contribution in [0.15, 0.2) is 48.5 Å². The van der Waals surface area contributed by atoms with Crippen LogP contribution in [0.1, 0.15) is 35.1 Å². The fraction of sp³-hybridized carbons (Fsp3) is 0.333. The van der Waals surface area contributed by atoms with Gasteiger partial charge in [-0.1, -0.05) is 48.0 Å². The summed E-state index contributed by atoms with van der Waals surface area (Å²) >= 11 is 6.10. The Morgan fingerprint density at radius 2 is 1.80 bits per heavy atom. The van der Waals surface area contributed by atoms with Gasteiger partial charge < -0.3 is 4.90 Å². The van der Waals surface area contributed by atoms with Gasteiger partial charge in [-0.05, 0) is 61.7 Å². The highest BCUT2D eigenvalue weighted by atomic mass is 35.5. The third kappa shape index (κ3) is 2.61. The van der Waals surface area contributed by atoms with E-state index in [1.807, 2.05) is 12.1 Å². The quantitative estimate of drug-likeness (QED) is 0.792. The molecule has 1 nitrogen and oxygen atoms in total. The van der Waals surface area contributed by atoms with Gasteiger partial charge in [-0.2, -0.15) is 0 Å². The number of benzene rings is 2. The lowest BCUT2D eigenvalue weighted by molar-refractivity contribution is 0.288. The Morgan fingerprint density at radius 3 is 2.50 bits per heavy atom. The highest BCUT2D eigenvalue weighted by molar-refractivity contribution is 6.30. The number of rotatable bonds is 3. The Bertz CT molecular complexity index is 606. The summed E-state index contributed by atoms with van der Waals surface area (Å²) in [6.45, 7) is 0. The Hall–Kier alpha value is -1.31. The minimum atomic E-state index is 0.537. The van der Waals surface area contributed by atoms with E-state index in [0.717, 1.165) is 11.4 Å². The van der Waals surface area contributed by atoms with Gasteiger partial charge in [0.1, 0.15) is 0 Å². The molecule has 0 heterocycles. The summed E-state index contributed by atoms with van der Waals surface area (Å²) in [5.74, 6) is 0.595. The predicted molar refractivity (Wildman–Crippen MR) is 85.4 cm³/mol. The molecule has 0 radical (unpaired) electrons. The fourth-order valence-electron chi connectivity index (χ4n) is 3.34. The maximum Gasteiger partial charge on any atom is 0.0408 e. The molecule has 104 valence electrons. The molecule has 0 saturated heterocycles. The minimum Gasteiger partial charge on any atom is -0.302 e. The Labute approximate surface area is 126 Å². The van der Waals surface area contributed by atoms with Gasteiger partial charge in [-0.25, -0.2) is 0 Å². The van der Waals surface area contributed by atoms with Crippen LogP contribution in [0.3, 0.4) is 0 Å². The summed E-state index contributed by atoms with van der Waals surface area (Å²) in [7, 11) is 4.34. The number of hydrogen-bond donors (Lipinski definition) is 0. The average Bonchev–Trinajstić information content (AvgIpc) is 2.78. The van der Waals surface area contributed by atoms with Crippen LogP contribution in [0.2, 0.25) is 5.02 Å². The van der Waals surface area contributed by atoms with Crippen molar-refractivity contribution in [2.24, 2.45) is 0 Å². The van der Waals surface area contributed by atoms with Crippen LogP contribution >= 0.6 is 11.6 Å². The molecule has 0 aliphatic heterocycles. The molecule has 0 N–H and O–H groups in total. The molecule has 2 atom stereocenters. The lowest BCUT2D eigenvalue weighted by Crippen LogP contribution is -2.17. The predicted octanol–water partition coefficient (Wildman–Crippen LogP) is 4.67. The summed E-state index contributed by atoms with van der Waals surface area (Å²) in [4.78, 5) is 2.33. The van der Waals surface area contributed by atoms with Gasteiger partial charge in [-0.3, -0.25) is 0 Å². The smallest absolute Gasteiger partial charge is 0.0408 e.